The third-order valence-corrected chi connectivity index (χ3v) is 5.17. The number of fused-ring (bicyclic) bond motifs is 1. The van der Waals surface area contributed by atoms with Crippen molar-refractivity contribution >= 4 is 28.2 Å². The predicted molar refractivity (Wildman–Crippen MR) is 105 cm³/mol. The minimum Gasteiger partial charge on any atom is -0.480 e. The number of aromatic nitrogens is 2. The van der Waals surface area contributed by atoms with Crippen molar-refractivity contribution in [2.24, 2.45) is 0 Å². The van der Waals surface area contributed by atoms with Crippen molar-refractivity contribution in [1.82, 2.24) is 9.55 Å². The molecule has 1 aromatic carbocycles. The summed E-state index contributed by atoms with van der Waals surface area (Å²) < 4.78 is 36.1. The van der Waals surface area contributed by atoms with Crippen LogP contribution in [0.2, 0.25) is 0 Å². The number of rotatable bonds is 5. The fourth-order valence-electron chi connectivity index (χ4n) is 2.89. The van der Waals surface area contributed by atoms with Crippen LogP contribution in [0.25, 0.3) is 10.9 Å². The van der Waals surface area contributed by atoms with Gasteiger partial charge in [0.25, 0.3) is 0 Å². The number of allylic oxidation sites excluding steroid dienone is 1. The minimum absolute atomic E-state index is 0.0768. The number of aliphatic carboxylic acids is 1. The topological polar surface area (TPSA) is 55.1 Å². The summed E-state index contributed by atoms with van der Waals surface area (Å²) in [7, 11) is 0. The summed E-state index contributed by atoms with van der Waals surface area (Å²) in [6.07, 6.45) is 2.37. The molecule has 150 valence electrons. The van der Waals surface area contributed by atoms with Gasteiger partial charge in [-0.3, -0.25) is 4.79 Å². The molecule has 0 fully saturated rings. The third-order valence-electron chi connectivity index (χ3n) is 4.05. The number of nitrogens with zero attached hydrogens (tertiary/aromatic N) is 2. The van der Waals surface area contributed by atoms with E-state index in [-0.39, 0.29) is 12.9 Å². The lowest BCUT2D eigenvalue weighted by atomic mass is 10.1. The van der Waals surface area contributed by atoms with Crippen LogP contribution in [0.1, 0.15) is 33.6 Å². The molecule has 3 aromatic rings. The van der Waals surface area contributed by atoms with Crippen molar-refractivity contribution in [2.75, 3.05) is 0 Å². The molecule has 2 aromatic heterocycles. The SMILES string of the molecule is C/C(F)=C/F.Cc1nc(Cc2cn(CC(=O)O)c3cccc(C)c23)sc1CF. The van der Waals surface area contributed by atoms with Crippen molar-refractivity contribution in [2.45, 2.75) is 40.4 Å². The molecule has 8 heteroatoms. The largest absolute Gasteiger partial charge is 0.480 e. The second-order valence-electron chi connectivity index (χ2n) is 6.27. The number of benzene rings is 1. The highest BCUT2D eigenvalue weighted by Gasteiger charge is 2.15. The number of hydrogen-bond donors (Lipinski definition) is 1. The molecule has 0 radical (unpaired) electrons. The van der Waals surface area contributed by atoms with Gasteiger partial charge in [0.15, 0.2) is 0 Å². The van der Waals surface area contributed by atoms with Gasteiger partial charge in [-0.15, -0.1) is 11.3 Å². The van der Waals surface area contributed by atoms with Gasteiger partial charge >= 0.3 is 5.97 Å². The molecule has 0 aliphatic carbocycles. The summed E-state index contributed by atoms with van der Waals surface area (Å²) in [4.78, 5) is 16.2. The van der Waals surface area contributed by atoms with E-state index in [1.807, 2.05) is 38.2 Å². The highest BCUT2D eigenvalue weighted by Crippen LogP contribution is 2.29. The maximum Gasteiger partial charge on any atom is 0.323 e. The Morgan fingerprint density at radius 1 is 1.36 bits per heavy atom. The van der Waals surface area contributed by atoms with Gasteiger partial charge in [-0.2, -0.15) is 0 Å². The molecular formula is C20H21F3N2O2S. The monoisotopic (exact) mass is 410 g/mol. The van der Waals surface area contributed by atoms with Crippen molar-refractivity contribution in [3.63, 3.8) is 0 Å². The quantitative estimate of drug-likeness (QED) is 0.592. The van der Waals surface area contributed by atoms with Gasteiger partial charge in [-0.05, 0) is 38.0 Å². The first-order valence-electron chi connectivity index (χ1n) is 8.49. The van der Waals surface area contributed by atoms with Crippen molar-refractivity contribution < 1.29 is 23.1 Å². The van der Waals surface area contributed by atoms with Crippen LogP contribution in [0.4, 0.5) is 13.2 Å². The molecule has 0 amide bonds. The Balaban J connectivity index is 0.000000500. The van der Waals surface area contributed by atoms with Gasteiger partial charge in [0.2, 0.25) is 0 Å². The first-order chi connectivity index (χ1) is 13.3. The summed E-state index contributed by atoms with van der Waals surface area (Å²) in [5.74, 6) is -1.66. The molecule has 3 rings (SSSR count). The van der Waals surface area contributed by atoms with Crippen molar-refractivity contribution in [3.05, 3.63) is 63.3 Å². The van der Waals surface area contributed by atoms with E-state index in [1.165, 1.54) is 11.3 Å². The maximum absolute atomic E-state index is 12.9. The zero-order valence-corrected chi connectivity index (χ0v) is 16.6. The summed E-state index contributed by atoms with van der Waals surface area (Å²) in [6.45, 7) is 4.29. The number of thiazole rings is 1. The van der Waals surface area contributed by atoms with Gasteiger partial charge < -0.3 is 9.67 Å². The standard InChI is InChI=1S/C17H17FN2O2S.C3H4F2/c1-10-4-3-5-13-17(10)12(8-20(13)9-16(21)22)6-15-19-11(2)14(7-18)23-15;1-3(5)2-4/h3-5,8H,6-7,9H2,1-2H3,(H,21,22);2H,1H3/b;3-2-. The lowest BCUT2D eigenvalue weighted by Crippen LogP contribution is -2.07. The molecule has 0 atom stereocenters. The molecule has 0 aliphatic rings. The van der Waals surface area contributed by atoms with Gasteiger partial charge in [0, 0.05) is 23.5 Å². The zero-order chi connectivity index (χ0) is 20.8. The number of halogens is 3. The molecule has 0 saturated heterocycles. The first kappa shape index (κ1) is 21.7. The van der Waals surface area contributed by atoms with Crippen LogP contribution in [0.5, 0.6) is 0 Å². The highest BCUT2D eigenvalue weighted by atomic mass is 32.1. The van der Waals surface area contributed by atoms with Crippen LogP contribution in [-0.4, -0.2) is 20.6 Å². The average molecular weight is 410 g/mol. The first-order valence-corrected chi connectivity index (χ1v) is 9.31. The van der Waals surface area contributed by atoms with Gasteiger partial charge in [-0.25, -0.2) is 18.2 Å². The van der Waals surface area contributed by atoms with Crippen LogP contribution >= 0.6 is 11.3 Å². The number of carboxylic acid groups (broad SMARTS) is 1. The van der Waals surface area contributed by atoms with Gasteiger partial charge in [-0.1, -0.05) is 12.1 Å². The lowest BCUT2D eigenvalue weighted by molar-refractivity contribution is -0.137. The molecule has 1 N–H and O–H groups in total. The van der Waals surface area contributed by atoms with E-state index >= 15 is 0 Å². The van der Waals surface area contributed by atoms with Crippen LogP contribution < -0.4 is 0 Å². The predicted octanol–water partition coefficient (Wildman–Crippen LogP) is 5.65. The van der Waals surface area contributed by atoms with E-state index < -0.39 is 18.5 Å². The van der Waals surface area contributed by atoms with E-state index in [0.717, 1.165) is 39.7 Å². The molecular weight excluding hydrogens is 389 g/mol. The molecule has 0 aliphatic heterocycles. The Morgan fingerprint density at radius 3 is 2.57 bits per heavy atom. The van der Waals surface area contributed by atoms with Crippen molar-refractivity contribution in [3.8, 4) is 0 Å². The van der Waals surface area contributed by atoms with E-state index in [9.17, 15) is 18.0 Å². The Morgan fingerprint density at radius 2 is 2.04 bits per heavy atom. The van der Waals surface area contributed by atoms with Gasteiger partial charge in [0.05, 0.1) is 15.6 Å². The summed E-state index contributed by atoms with van der Waals surface area (Å²) in [5.41, 5.74) is 3.76. The van der Waals surface area contributed by atoms with E-state index in [4.69, 9.17) is 5.11 Å². The molecule has 0 saturated carbocycles. The highest BCUT2D eigenvalue weighted by molar-refractivity contribution is 7.11. The second kappa shape index (κ2) is 9.54. The van der Waals surface area contributed by atoms with Crippen molar-refractivity contribution in [1.29, 1.82) is 0 Å². The molecule has 0 spiro atoms. The van der Waals surface area contributed by atoms with Crippen LogP contribution in [0.15, 0.2) is 36.6 Å². The van der Waals surface area contributed by atoms with Crippen LogP contribution in [-0.2, 0) is 24.4 Å². The average Bonchev–Trinajstić information content (AvgIpc) is 3.16. The summed E-state index contributed by atoms with van der Waals surface area (Å²) >= 11 is 1.38. The molecule has 0 unspecified atom stereocenters. The molecule has 2 heterocycles. The fraction of sp³-hybridized carbons (Fsp3) is 0.300. The Labute approximate surface area is 165 Å². The number of alkyl halides is 1. The van der Waals surface area contributed by atoms with E-state index in [1.54, 1.807) is 4.57 Å². The number of aryl methyl sites for hydroxylation is 2. The van der Waals surface area contributed by atoms with E-state index in [0.29, 0.717) is 11.3 Å². The van der Waals surface area contributed by atoms with Crippen LogP contribution in [0, 0.1) is 13.8 Å². The van der Waals surface area contributed by atoms with E-state index in [2.05, 4.69) is 4.98 Å². The Kier molecular flexibility index (Phi) is 7.39. The maximum atomic E-state index is 12.9. The fourth-order valence-corrected chi connectivity index (χ4v) is 3.84. The smallest absolute Gasteiger partial charge is 0.323 e. The number of carboxylic acids is 1. The van der Waals surface area contributed by atoms with Crippen LogP contribution in [0.3, 0.4) is 0 Å². The molecule has 28 heavy (non-hydrogen) atoms. The molecule has 0 bridgehead atoms. The lowest BCUT2D eigenvalue weighted by Gasteiger charge is -2.02. The zero-order valence-electron chi connectivity index (χ0n) is 15.8. The third kappa shape index (κ3) is 5.22. The Bertz CT molecular complexity index is 1000. The summed E-state index contributed by atoms with van der Waals surface area (Å²) in [5, 5.41) is 11.0. The Hall–Kier alpha value is -2.61. The van der Waals surface area contributed by atoms with Gasteiger partial charge in [0.1, 0.15) is 25.4 Å². The summed E-state index contributed by atoms with van der Waals surface area (Å²) in [6, 6.07) is 5.86. The number of carbonyl (C=O) groups is 1. The number of hydrogen-bond acceptors (Lipinski definition) is 3. The second-order valence-corrected chi connectivity index (χ2v) is 7.44. The minimum atomic E-state index is -0.875. The normalized spacial score (nSPS) is 11.4. The molecule has 4 nitrogen and oxygen atoms in total.